The fourth-order valence-corrected chi connectivity index (χ4v) is 1.54. The van der Waals surface area contributed by atoms with E-state index in [0.717, 1.165) is 5.56 Å². The molecule has 1 aliphatic rings. The highest BCUT2D eigenvalue weighted by Gasteiger charge is 2.24. The standard InChI is InChI=1S/C14H12O3/c15-13-9-5-4-8-12(13)14(16)17-10-11-6-2-1-3-7-11/h1-9,12H,10H2. The summed E-state index contributed by atoms with van der Waals surface area (Å²) in [5.74, 6) is -1.52. The molecule has 3 nitrogen and oxygen atoms in total. The molecule has 0 saturated carbocycles. The van der Waals surface area contributed by atoms with E-state index in [2.05, 4.69) is 0 Å². The number of benzene rings is 1. The van der Waals surface area contributed by atoms with Gasteiger partial charge in [-0.15, -0.1) is 0 Å². The van der Waals surface area contributed by atoms with Crippen molar-refractivity contribution in [3.8, 4) is 0 Å². The molecule has 0 aromatic heterocycles. The van der Waals surface area contributed by atoms with Crippen LogP contribution in [0.2, 0.25) is 0 Å². The number of ketones is 1. The summed E-state index contributed by atoms with van der Waals surface area (Å²) in [6.07, 6.45) is 6.23. The van der Waals surface area contributed by atoms with Gasteiger partial charge < -0.3 is 4.74 Å². The van der Waals surface area contributed by atoms with E-state index in [1.54, 1.807) is 18.2 Å². The van der Waals surface area contributed by atoms with Gasteiger partial charge in [0, 0.05) is 0 Å². The largest absolute Gasteiger partial charge is 0.460 e. The van der Waals surface area contributed by atoms with E-state index in [0.29, 0.717) is 0 Å². The third kappa shape index (κ3) is 2.91. The van der Waals surface area contributed by atoms with E-state index in [-0.39, 0.29) is 12.4 Å². The summed E-state index contributed by atoms with van der Waals surface area (Å²) in [6, 6.07) is 9.37. The topological polar surface area (TPSA) is 43.4 Å². The van der Waals surface area contributed by atoms with Crippen LogP contribution in [-0.2, 0) is 20.9 Å². The summed E-state index contributed by atoms with van der Waals surface area (Å²) in [5.41, 5.74) is 0.906. The Morgan fingerprint density at radius 3 is 2.65 bits per heavy atom. The maximum atomic E-state index is 11.7. The van der Waals surface area contributed by atoms with Crippen LogP contribution < -0.4 is 0 Å². The lowest BCUT2D eigenvalue weighted by molar-refractivity contribution is -0.150. The van der Waals surface area contributed by atoms with Crippen LogP contribution in [0.3, 0.4) is 0 Å². The first kappa shape index (κ1) is 11.3. The first-order valence-corrected chi connectivity index (χ1v) is 5.36. The first-order valence-electron chi connectivity index (χ1n) is 5.36. The molecular weight excluding hydrogens is 216 g/mol. The van der Waals surface area contributed by atoms with Gasteiger partial charge in [-0.3, -0.25) is 9.59 Å². The molecule has 1 aliphatic carbocycles. The van der Waals surface area contributed by atoms with Gasteiger partial charge in [0.1, 0.15) is 12.5 Å². The lowest BCUT2D eigenvalue weighted by Crippen LogP contribution is -2.24. The van der Waals surface area contributed by atoms with Gasteiger partial charge >= 0.3 is 5.97 Å². The van der Waals surface area contributed by atoms with Crippen molar-refractivity contribution in [2.45, 2.75) is 6.61 Å². The molecule has 1 unspecified atom stereocenters. The van der Waals surface area contributed by atoms with Gasteiger partial charge in [-0.1, -0.05) is 48.6 Å². The van der Waals surface area contributed by atoms with Crippen molar-refractivity contribution >= 4 is 11.8 Å². The van der Waals surface area contributed by atoms with E-state index in [1.807, 2.05) is 30.3 Å². The molecule has 0 fully saturated rings. The molecule has 0 bridgehead atoms. The zero-order valence-electron chi connectivity index (χ0n) is 9.21. The third-order valence-electron chi connectivity index (χ3n) is 2.46. The zero-order valence-corrected chi connectivity index (χ0v) is 9.21. The Morgan fingerprint density at radius 1 is 1.18 bits per heavy atom. The maximum Gasteiger partial charge on any atom is 0.321 e. The molecule has 17 heavy (non-hydrogen) atoms. The normalized spacial score (nSPS) is 18.1. The monoisotopic (exact) mass is 228 g/mol. The van der Waals surface area contributed by atoms with Crippen molar-refractivity contribution in [1.29, 1.82) is 0 Å². The first-order chi connectivity index (χ1) is 8.27. The van der Waals surface area contributed by atoms with Crippen molar-refractivity contribution in [3.05, 3.63) is 60.2 Å². The number of ether oxygens (including phenoxy) is 1. The van der Waals surface area contributed by atoms with Crippen molar-refractivity contribution in [3.63, 3.8) is 0 Å². The molecule has 86 valence electrons. The minimum absolute atomic E-state index is 0.195. The second-order valence-corrected chi connectivity index (χ2v) is 3.72. The Hall–Kier alpha value is -2.16. The average molecular weight is 228 g/mol. The van der Waals surface area contributed by atoms with Gasteiger partial charge in [-0.05, 0) is 11.6 Å². The highest BCUT2D eigenvalue weighted by molar-refractivity contribution is 6.07. The summed E-state index contributed by atoms with van der Waals surface area (Å²) < 4.78 is 5.09. The molecule has 0 spiro atoms. The van der Waals surface area contributed by atoms with Crippen molar-refractivity contribution < 1.29 is 14.3 Å². The molecule has 1 atom stereocenters. The van der Waals surface area contributed by atoms with Crippen molar-refractivity contribution in [2.75, 3.05) is 0 Å². The van der Waals surface area contributed by atoms with Gasteiger partial charge in [0.15, 0.2) is 5.78 Å². The molecule has 0 N–H and O–H groups in total. The summed E-state index contributed by atoms with van der Waals surface area (Å²) in [5, 5.41) is 0. The van der Waals surface area contributed by atoms with E-state index < -0.39 is 11.9 Å². The molecule has 3 heteroatoms. The Bertz CT molecular complexity index is 472. The Labute approximate surface area is 99.4 Å². The molecular formula is C14H12O3. The average Bonchev–Trinajstić information content (AvgIpc) is 2.38. The van der Waals surface area contributed by atoms with Crippen LogP contribution in [-0.4, -0.2) is 11.8 Å². The SMILES string of the molecule is O=C1C=CC=CC1C(=O)OCc1ccccc1. The third-order valence-corrected chi connectivity index (χ3v) is 2.46. The van der Waals surface area contributed by atoms with Crippen LogP contribution in [0.25, 0.3) is 0 Å². The summed E-state index contributed by atoms with van der Waals surface area (Å²) in [4.78, 5) is 23.1. The van der Waals surface area contributed by atoms with Gasteiger partial charge in [-0.25, -0.2) is 0 Å². The molecule has 0 heterocycles. The Kier molecular flexibility index (Phi) is 3.50. The van der Waals surface area contributed by atoms with E-state index in [1.165, 1.54) is 6.08 Å². The van der Waals surface area contributed by atoms with Crippen LogP contribution in [0.15, 0.2) is 54.6 Å². The highest BCUT2D eigenvalue weighted by atomic mass is 16.5. The molecule has 1 aromatic rings. The van der Waals surface area contributed by atoms with E-state index in [9.17, 15) is 9.59 Å². The van der Waals surface area contributed by atoms with E-state index >= 15 is 0 Å². The Morgan fingerprint density at radius 2 is 1.94 bits per heavy atom. The van der Waals surface area contributed by atoms with Crippen LogP contribution >= 0.6 is 0 Å². The van der Waals surface area contributed by atoms with Gasteiger partial charge in [0.2, 0.25) is 0 Å². The molecule has 0 saturated heterocycles. The maximum absolute atomic E-state index is 11.7. The summed E-state index contributed by atoms with van der Waals surface area (Å²) >= 11 is 0. The molecule has 2 rings (SSSR count). The van der Waals surface area contributed by atoms with Crippen LogP contribution in [0.1, 0.15) is 5.56 Å². The smallest absolute Gasteiger partial charge is 0.321 e. The molecule has 1 aromatic carbocycles. The van der Waals surface area contributed by atoms with Crippen molar-refractivity contribution in [2.24, 2.45) is 5.92 Å². The minimum Gasteiger partial charge on any atom is -0.460 e. The zero-order chi connectivity index (χ0) is 12.1. The second kappa shape index (κ2) is 5.25. The number of hydrogen-bond acceptors (Lipinski definition) is 3. The van der Waals surface area contributed by atoms with Gasteiger partial charge in [0.25, 0.3) is 0 Å². The highest BCUT2D eigenvalue weighted by Crippen LogP contribution is 2.11. The fourth-order valence-electron chi connectivity index (χ4n) is 1.54. The molecule has 0 aliphatic heterocycles. The predicted octanol–water partition coefficient (Wildman–Crippen LogP) is 2.04. The van der Waals surface area contributed by atoms with Crippen LogP contribution in [0.4, 0.5) is 0 Å². The molecule has 0 amide bonds. The number of allylic oxidation sites excluding steroid dienone is 3. The number of carbonyl (C=O) groups is 2. The minimum atomic E-state index is -0.788. The number of rotatable bonds is 3. The number of carbonyl (C=O) groups excluding carboxylic acids is 2. The van der Waals surface area contributed by atoms with E-state index in [4.69, 9.17) is 4.74 Å². The van der Waals surface area contributed by atoms with Gasteiger partial charge in [-0.2, -0.15) is 0 Å². The number of esters is 1. The fraction of sp³-hybridized carbons (Fsp3) is 0.143. The van der Waals surface area contributed by atoms with Crippen LogP contribution in [0, 0.1) is 5.92 Å². The quantitative estimate of drug-likeness (QED) is 0.587. The van der Waals surface area contributed by atoms with Gasteiger partial charge in [0.05, 0.1) is 0 Å². The number of hydrogen-bond donors (Lipinski definition) is 0. The summed E-state index contributed by atoms with van der Waals surface area (Å²) in [7, 11) is 0. The summed E-state index contributed by atoms with van der Waals surface area (Å²) in [6.45, 7) is 0.195. The van der Waals surface area contributed by atoms with Crippen molar-refractivity contribution in [1.82, 2.24) is 0 Å². The molecule has 0 radical (unpaired) electrons. The lowest BCUT2D eigenvalue weighted by Gasteiger charge is -2.11. The lowest BCUT2D eigenvalue weighted by atomic mass is 10.00. The Balaban J connectivity index is 1.92. The second-order valence-electron chi connectivity index (χ2n) is 3.72. The van der Waals surface area contributed by atoms with Crippen LogP contribution in [0.5, 0.6) is 0 Å². The predicted molar refractivity (Wildman–Crippen MR) is 63.0 cm³/mol.